The number of hydrogen-bond acceptors (Lipinski definition) is 2. The van der Waals surface area contributed by atoms with E-state index in [1.165, 1.54) is 10.4 Å². The standard InChI is InChI=1S/C14H13ClN2OS/c1-2-8-5-6-19-13(8)12(15)9-3-4-10-11(7-9)17-14(18)16-10/h3-7,12H,2H2,1H3,(H2,16,17,18). The molecular weight excluding hydrogens is 280 g/mol. The quantitative estimate of drug-likeness (QED) is 0.709. The van der Waals surface area contributed by atoms with E-state index in [2.05, 4.69) is 28.3 Å². The van der Waals surface area contributed by atoms with Gasteiger partial charge >= 0.3 is 5.69 Å². The second kappa shape index (κ2) is 4.87. The summed E-state index contributed by atoms with van der Waals surface area (Å²) in [7, 11) is 0. The highest BCUT2D eigenvalue weighted by Crippen LogP contribution is 2.35. The maximum atomic E-state index is 11.3. The smallest absolute Gasteiger partial charge is 0.306 e. The summed E-state index contributed by atoms with van der Waals surface area (Å²) in [5, 5.41) is 1.90. The average Bonchev–Trinajstić information content (AvgIpc) is 3.01. The van der Waals surface area contributed by atoms with Crippen LogP contribution >= 0.6 is 22.9 Å². The van der Waals surface area contributed by atoms with Crippen molar-refractivity contribution in [1.29, 1.82) is 0 Å². The van der Waals surface area contributed by atoms with Gasteiger partial charge in [-0.1, -0.05) is 13.0 Å². The summed E-state index contributed by atoms with van der Waals surface area (Å²) < 4.78 is 0. The highest BCUT2D eigenvalue weighted by atomic mass is 35.5. The second-order valence-electron chi connectivity index (χ2n) is 4.41. The van der Waals surface area contributed by atoms with Gasteiger partial charge in [0, 0.05) is 4.88 Å². The van der Waals surface area contributed by atoms with Gasteiger partial charge in [-0.3, -0.25) is 0 Å². The van der Waals surface area contributed by atoms with Crippen molar-refractivity contribution < 1.29 is 0 Å². The summed E-state index contributed by atoms with van der Waals surface area (Å²) in [5.74, 6) is 0. The van der Waals surface area contributed by atoms with Gasteiger partial charge in [0.25, 0.3) is 0 Å². The number of nitrogens with one attached hydrogen (secondary N) is 2. The van der Waals surface area contributed by atoms with Crippen molar-refractivity contribution >= 4 is 34.0 Å². The van der Waals surface area contributed by atoms with Crippen molar-refractivity contribution in [3.63, 3.8) is 0 Å². The molecule has 0 aliphatic rings. The summed E-state index contributed by atoms with van der Waals surface area (Å²) in [6, 6.07) is 7.90. The largest absolute Gasteiger partial charge is 0.323 e. The minimum atomic E-state index is -0.191. The third kappa shape index (κ3) is 2.22. The van der Waals surface area contributed by atoms with E-state index < -0.39 is 0 Å². The van der Waals surface area contributed by atoms with Crippen LogP contribution < -0.4 is 5.69 Å². The fourth-order valence-electron chi connectivity index (χ4n) is 2.22. The first kappa shape index (κ1) is 12.5. The third-order valence-electron chi connectivity index (χ3n) is 3.22. The maximum absolute atomic E-state index is 11.3. The number of alkyl halides is 1. The Balaban J connectivity index is 2.05. The zero-order valence-corrected chi connectivity index (χ0v) is 11.9. The molecule has 0 saturated carbocycles. The molecule has 1 aromatic carbocycles. The van der Waals surface area contributed by atoms with E-state index in [0.29, 0.717) is 0 Å². The Morgan fingerprint density at radius 3 is 2.84 bits per heavy atom. The van der Waals surface area contributed by atoms with Gasteiger partial charge in [-0.2, -0.15) is 0 Å². The van der Waals surface area contributed by atoms with Crippen LogP contribution in [0.3, 0.4) is 0 Å². The Hall–Kier alpha value is -1.52. The number of hydrogen-bond donors (Lipinski definition) is 2. The van der Waals surface area contributed by atoms with Gasteiger partial charge < -0.3 is 9.97 Å². The van der Waals surface area contributed by atoms with E-state index in [0.717, 1.165) is 23.0 Å². The molecule has 0 radical (unpaired) electrons. The number of aromatic nitrogens is 2. The summed E-state index contributed by atoms with van der Waals surface area (Å²) >= 11 is 8.25. The van der Waals surface area contributed by atoms with E-state index in [4.69, 9.17) is 11.6 Å². The van der Waals surface area contributed by atoms with E-state index >= 15 is 0 Å². The molecule has 0 amide bonds. The van der Waals surface area contributed by atoms with Gasteiger partial charge in [-0.05, 0) is 41.1 Å². The monoisotopic (exact) mass is 292 g/mol. The molecule has 3 rings (SSSR count). The van der Waals surface area contributed by atoms with Gasteiger partial charge in [-0.25, -0.2) is 4.79 Å². The first-order valence-electron chi connectivity index (χ1n) is 6.11. The fraction of sp³-hybridized carbons (Fsp3) is 0.214. The zero-order valence-electron chi connectivity index (χ0n) is 10.4. The Kier molecular flexibility index (Phi) is 3.21. The molecule has 0 fully saturated rings. The van der Waals surface area contributed by atoms with Crippen molar-refractivity contribution in [2.75, 3.05) is 0 Å². The SMILES string of the molecule is CCc1ccsc1C(Cl)c1ccc2[nH]c(=O)[nH]c2c1. The van der Waals surface area contributed by atoms with Crippen molar-refractivity contribution in [1.82, 2.24) is 9.97 Å². The molecule has 3 nitrogen and oxygen atoms in total. The topological polar surface area (TPSA) is 48.6 Å². The van der Waals surface area contributed by atoms with E-state index in [9.17, 15) is 4.79 Å². The fourth-order valence-corrected chi connectivity index (χ4v) is 3.65. The zero-order chi connectivity index (χ0) is 13.4. The van der Waals surface area contributed by atoms with Crippen LogP contribution in [-0.4, -0.2) is 9.97 Å². The van der Waals surface area contributed by atoms with Crippen LogP contribution in [0.25, 0.3) is 11.0 Å². The van der Waals surface area contributed by atoms with E-state index in [1.807, 2.05) is 18.2 Å². The van der Waals surface area contributed by atoms with Crippen LogP contribution in [-0.2, 0) is 6.42 Å². The molecule has 1 unspecified atom stereocenters. The Bertz CT molecular complexity index is 771. The van der Waals surface area contributed by atoms with Crippen molar-refractivity contribution in [2.24, 2.45) is 0 Å². The molecule has 0 bridgehead atoms. The van der Waals surface area contributed by atoms with Crippen LogP contribution in [0, 0.1) is 0 Å². The number of aromatic amines is 2. The predicted octanol–water partition coefficient (Wildman–Crippen LogP) is 3.81. The van der Waals surface area contributed by atoms with Gasteiger partial charge in [0.1, 0.15) is 0 Å². The molecule has 0 aliphatic carbocycles. The summed E-state index contributed by atoms with van der Waals surface area (Å²) in [6.07, 6.45) is 0.977. The maximum Gasteiger partial charge on any atom is 0.323 e. The number of halogens is 1. The van der Waals surface area contributed by atoms with Gasteiger partial charge in [0.15, 0.2) is 0 Å². The van der Waals surface area contributed by atoms with E-state index in [-0.39, 0.29) is 11.1 Å². The molecule has 2 N–H and O–H groups in total. The average molecular weight is 293 g/mol. The van der Waals surface area contributed by atoms with Crippen molar-refractivity contribution in [2.45, 2.75) is 18.7 Å². The number of aryl methyl sites for hydroxylation is 1. The lowest BCUT2D eigenvalue weighted by molar-refractivity contribution is 1.08. The van der Waals surface area contributed by atoms with Gasteiger partial charge in [0.05, 0.1) is 16.4 Å². The number of benzene rings is 1. The molecule has 1 atom stereocenters. The molecule has 0 spiro atoms. The minimum Gasteiger partial charge on any atom is -0.306 e. The van der Waals surface area contributed by atoms with Gasteiger partial charge in [0.2, 0.25) is 0 Å². The molecule has 19 heavy (non-hydrogen) atoms. The lowest BCUT2D eigenvalue weighted by Gasteiger charge is -2.10. The summed E-state index contributed by atoms with van der Waals surface area (Å²) in [4.78, 5) is 17.9. The highest BCUT2D eigenvalue weighted by molar-refractivity contribution is 7.10. The number of rotatable bonds is 3. The molecule has 98 valence electrons. The molecule has 0 saturated heterocycles. The molecule has 2 heterocycles. The predicted molar refractivity (Wildman–Crippen MR) is 80.3 cm³/mol. The lowest BCUT2D eigenvalue weighted by Crippen LogP contribution is -1.99. The molecule has 3 aromatic rings. The van der Waals surface area contributed by atoms with Crippen molar-refractivity contribution in [3.8, 4) is 0 Å². The van der Waals surface area contributed by atoms with Crippen LogP contribution in [0.5, 0.6) is 0 Å². The third-order valence-corrected chi connectivity index (χ3v) is 4.85. The Morgan fingerprint density at radius 2 is 2.05 bits per heavy atom. The summed E-state index contributed by atoms with van der Waals surface area (Å²) in [6.45, 7) is 2.13. The first-order chi connectivity index (χ1) is 9.19. The van der Waals surface area contributed by atoms with Crippen molar-refractivity contribution in [3.05, 3.63) is 56.1 Å². The number of H-pyrrole nitrogens is 2. The Labute approximate surface area is 119 Å². The minimum absolute atomic E-state index is 0.169. The number of thiophene rings is 1. The molecular formula is C14H13ClN2OS. The van der Waals surface area contributed by atoms with Crippen LogP contribution in [0.1, 0.15) is 28.3 Å². The molecule has 2 aromatic heterocycles. The van der Waals surface area contributed by atoms with Crippen LogP contribution in [0.15, 0.2) is 34.4 Å². The highest BCUT2D eigenvalue weighted by Gasteiger charge is 2.16. The normalized spacial score (nSPS) is 12.9. The molecule has 5 heteroatoms. The Morgan fingerprint density at radius 1 is 1.26 bits per heavy atom. The lowest BCUT2D eigenvalue weighted by atomic mass is 10.1. The van der Waals surface area contributed by atoms with Crippen LogP contribution in [0.2, 0.25) is 0 Å². The summed E-state index contributed by atoms with van der Waals surface area (Å²) in [5.41, 5.74) is 3.69. The second-order valence-corrected chi connectivity index (χ2v) is 5.79. The van der Waals surface area contributed by atoms with Crippen LogP contribution in [0.4, 0.5) is 0 Å². The van der Waals surface area contributed by atoms with Gasteiger partial charge in [-0.15, -0.1) is 22.9 Å². The molecule has 0 aliphatic heterocycles. The first-order valence-corrected chi connectivity index (χ1v) is 7.43. The number of imidazole rings is 1. The number of fused-ring (bicyclic) bond motifs is 1. The van der Waals surface area contributed by atoms with E-state index in [1.54, 1.807) is 11.3 Å².